The van der Waals surface area contributed by atoms with Crippen molar-refractivity contribution in [2.45, 2.75) is 0 Å². The number of hydrogen-bond acceptors (Lipinski definition) is 7. The van der Waals surface area contributed by atoms with Crippen LogP contribution in [0, 0.1) is 0 Å². The number of benzene rings is 2. The molecule has 130 valence electrons. The van der Waals surface area contributed by atoms with Crippen LogP contribution in [-0.2, 0) is 0 Å². The number of carbonyl (C=O) groups excluding carboxylic acids is 1. The fourth-order valence-corrected chi connectivity index (χ4v) is 2.36. The Morgan fingerprint density at radius 2 is 1.96 bits per heavy atom. The molecule has 2 aromatic carbocycles. The van der Waals surface area contributed by atoms with E-state index in [2.05, 4.69) is 20.7 Å². The molecule has 1 amide bonds. The van der Waals surface area contributed by atoms with Gasteiger partial charge in [0.05, 0.1) is 6.21 Å². The molecular weight excluding hydrogens is 360 g/mol. The monoisotopic (exact) mass is 370 g/mol. The minimum atomic E-state index is -0.616. The van der Waals surface area contributed by atoms with Crippen LogP contribution in [0.2, 0.25) is 5.02 Å². The van der Waals surface area contributed by atoms with E-state index >= 15 is 0 Å². The summed E-state index contributed by atoms with van der Waals surface area (Å²) in [5.74, 6) is 0.774. The van der Waals surface area contributed by atoms with E-state index < -0.39 is 5.91 Å². The standard InChI is InChI=1S/C17H11ClN4O4/c18-12-4-2-11(3-5-12)15-20-17(26-22-15)16(23)21-19-8-10-1-6-13-14(7-10)25-9-24-13/h1-8H,9H2,(H,21,23)/b19-8+. The van der Waals surface area contributed by atoms with Gasteiger partial charge in [-0.2, -0.15) is 10.1 Å². The highest BCUT2D eigenvalue weighted by atomic mass is 35.5. The van der Waals surface area contributed by atoms with E-state index in [1.165, 1.54) is 6.21 Å². The average Bonchev–Trinajstić information content (AvgIpc) is 3.31. The van der Waals surface area contributed by atoms with Crippen molar-refractivity contribution in [2.75, 3.05) is 6.79 Å². The summed E-state index contributed by atoms with van der Waals surface area (Å²) in [5.41, 5.74) is 3.75. The first kappa shape index (κ1) is 16.1. The molecule has 3 aromatic rings. The maximum Gasteiger partial charge on any atom is 0.329 e. The highest BCUT2D eigenvalue weighted by Gasteiger charge is 2.16. The Bertz CT molecular complexity index is 985. The quantitative estimate of drug-likeness (QED) is 0.560. The first-order chi connectivity index (χ1) is 12.7. The predicted molar refractivity (Wildman–Crippen MR) is 92.4 cm³/mol. The number of nitrogens with one attached hydrogen (secondary N) is 1. The molecule has 0 radical (unpaired) electrons. The SMILES string of the molecule is O=C(N/N=C/c1ccc2c(c1)OCO2)c1nc(-c2ccc(Cl)cc2)no1. The molecule has 1 N–H and O–H groups in total. The average molecular weight is 371 g/mol. The molecule has 8 nitrogen and oxygen atoms in total. The number of nitrogens with zero attached hydrogens (tertiary/aromatic N) is 3. The summed E-state index contributed by atoms with van der Waals surface area (Å²) >= 11 is 5.83. The molecule has 0 spiro atoms. The van der Waals surface area contributed by atoms with Crippen LogP contribution in [0.4, 0.5) is 0 Å². The molecule has 26 heavy (non-hydrogen) atoms. The molecule has 1 aliphatic heterocycles. The van der Waals surface area contributed by atoms with E-state index in [9.17, 15) is 4.79 Å². The molecule has 1 aliphatic rings. The third-order valence-electron chi connectivity index (χ3n) is 3.50. The first-order valence-electron chi connectivity index (χ1n) is 7.52. The maximum atomic E-state index is 12.0. The van der Waals surface area contributed by atoms with Gasteiger partial charge in [-0.1, -0.05) is 16.8 Å². The fraction of sp³-hybridized carbons (Fsp3) is 0.0588. The number of amides is 1. The van der Waals surface area contributed by atoms with Crippen molar-refractivity contribution in [2.24, 2.45) is 5.10 Å². The van der Waals surface area contributed by atoms with E-state index in [0.29, 0.717) is 22.1 Å². The summed E-state index contributed by atoms with van der Waals surface area (Å²) in [6.07, 6.45) is 1.47. The van der Waals surface area contributed by atoms with Gasteiger partial charge in [-0.05, 0) is 48.0 Å². The lowest BCUT2D eigenvalue weighted by Crippen LogP contribution is -2.17. The minimum Gasteiger partial charge on any atom is -0.454 e. The molecule has 0 unspecified atom stereocenters. The molecule has 0 saturated heterocycles. The van der Waals surface area contributed by atoms with Crippen LogP contribution in [0.1, 0.15) is 16.2 Å². The van der Waals surface area contributed by atoms with Crippen LogP contribution in [0.5, 0.6) is 11.5 Å². The van der Waals surface area contributed by atoms with E-state index in [0.717, 1.165) is 5.56 Å². The molecule has 0 aliphatic carbocycles. The molecule has 0 fully saturated rings. The molecule has 0 bridgehead atoms. The molecule has 0 atom stereocenters. The Balaban J connectivity index is 1.41. The Morgan fingerprint density at radius 1 is 1.15 bits per heavy atom. The minimum absolute atomic E-state index is 0.194. The summed E-state index contributed by atoms with van der Waals surface area (Å²) in [5, 5.41) is 8.23. The van der Waals surface area contributed by atoms with Crippen molar-refractivity contribution in [1.29, 1.82) is 0 Å². The Morgan fingerprint density at radius 3 is 2.81 bits per heavy atom. The Kier molecular flexibility index (Phi) is 4.24. The zero-order chi connectivity index (χ0) is 17.9. The molecule has 1 aromatic heterocycles. The second-order valence-corrected chi connectivity index (χ2v) is 5.68. The Hall–Kier alpha value is -3.39. The molecule has 2 heterocycles. The highest BCUT2D eigenvalue weighted by molar-refractivity contribution is 6.30. The van der Waals surface area contributed by atoms with Gasteiger partial charge in [-0.25, -0.2) is 5.43 Å². The molecule has 0 saturated carbocycles. The van der Waals surface area contributed by atoms with Crippen LogP contribution in [0.15, 0.2) is 52.1 Å². The summed E-state index contributed by atoms with van der Waals surface area (Å²) in [6.45, 7) is 0.194. The van der Waals surface area contributed by atoms with Crippen molar-refractivity contribution < 1.29 is 18.8 Å². The van der Waals surface area contributed by atoms with Gasteiger partial charge >= 0.3 is 11.8 Å². The van der Waals surface area contributed by atoms with E-state index in [1.54, 1.807) is 42.5 Å². The summed E-state index contributed by atoms with van der Waals surface area (Å²) in [6, 6.07) is 12.2. The normalized spacial score (nSPS) is 12.5. The van der Waals surface area contributed by atoms with Crippen LogP contribution in [0.3, 0.4) is 0 Å². The van der Waals surface area contributed by atoms with Gasteiger partial charge < -0.3 is 14.0 Å². The topological polar surface area (TPSA) is 98.8 Å². The van der Waals surface area contributed by atoms with Gasteiger partial charge in [-0.15, -0.1) is 0 Å². The van der Waals surface area contributed by atoms with Crippen molar-refractivity contribution in [3.05, 3.63) is 58.9 Å². The van der Waals surface area contributed by atoms with Gasteiger partial charge in [0.1, 0.15) is 0 Å². The second kappa shape index (κ2) is 6.85. The first-order valence-corrected chi connectivity index (χ1v) is 7.89. The highest BCUT2D eigenvalue weighted by Crippen LogP contribution is 2.31. The number of aromatic nitrogens is 2. The number of hydrogen-bond donors (Lipinski definition) is 1. The van der Waals surface area contributed by atoms with Crippen LogP contribution in [-0.4, -0.2) is 29.1 Å². The summed E-state index contributed by atoms with van der Waals surface area (Å²) < 4.78 is 15.5. The number of carbonyl (C=O) groups is 1. The third kappa shape index (κ3) is 3.35. The van der Waals surface area contributed by atoms with Gasteiger partial charge in [0, 0.05) is 10.6 Å². The van der Waals surface area contributed by atoms with E-state index in [-0.39, 0.29) is 18.5 Å². The summed E-state index contributed by atoms with van der Waals surface area (Å²) in [4.78, 5) is 16.1. The lowest BCUT2D eigenvalue weighted by Gasteiger charge is -1.97. The van der Waals surface area contributed by atoms with Crippen molar-refractivity contribution in [3.63, 3.8) is 0 Å². The number of hydrazone groups is 1. The number of halogens is 1. The van der Waals surface area contributed by atoms with Gasteiger partial charge in [0.15, 0.2) is 11.5 Å². The summed E-state index contributed by atoms with van der Waals surface area (Å²) in [7, 11) is 0. The lowest BCUT2D eigenvalue weighted by molar-refractivity contribution is 0.0911. The fourth-order valence-electron chi connectivity index (χ4n) is 2.24. The number of ether oxygens (including phenoxy) is 2. The molecule has 4 rings (SSSR count). The third-order valence-corrected chi connectivity index (χ3v) is 3.75. The smallest absolute Gasteiger partial charge is 0.329 e. The van der Waals surface area contributed by atoms with Crippen LogP contribution < -0.4 is 14.9 Å². The maximum absolute atomic E-state index is 12.0. The second-order valence-electron chi connectivity index (χ2n) is 5.24. The van der Waals surface area contributed by atoms with Gasteiger partial charge in [-0.3, -0.25) is 4.79 Å². The molecular formula is C17H11ClN4O4. The van der Waals surface area contributed by atoms with Crippen LogP contribution in [0.25, 0.3) is 11.4 Å². The van der Waals surface area contributed by atoms with Crippen LogP contribution >= 0.6 is 11.6 Å². The van der Waals surface area contributed by atoms with E-state index in [4.69, 9.17) is 25.6 Å². The van der Waals surface area contributed by atoms with Gasteiger partial charge in [0.25, 0.3) is 0 Å². The zero-order valence-electron chi connectivity index (χ0n) is 13.2. The zero-order valence-corrected chi connectivity index (χ0v) is 13.9. The Labute approximate surface area is 152 Å². The lowest BCUT2D eigenvalue weighted by atomic mass is 10.2. The van der Waals surface area contributed by atoms with Crippen molar-refractivity contribution in [1.82, 2.24) is 15.6 Å². The van der Waals surface area contributed by atoms with Gasteiger partial charge in [0.2, 0.25) is 12.6 Å². The van der Waals surface area contributed by atoms with E-state index in [1.807, 2.05) is 0 Å². The largest absolute Gasteiger partial charge is 0.454 e. The molecule has 9 heteroatoms. The van der Waals surface area contributed by atoms with Crippen molar-refractivity contribution >= 4 is 23.7 Å². The number of fused-ring (bicyclic) bond motifs is 1. The van der Waals surface area contributed by atoms with Crippen molar-refractivity contribution in [3.8, 4) is 22.9 Å². The number of rotatable bonds is 4. The predicted octanol–water partition coefficient (Wildman–Crippen LogP) is 2.88.